The molecule has 1 aliphatic carbocycles. The lowest BCUT2D eigenvalue weighted by molar-refractivity contribution is 0.0696. The van der Waals surface area contributed by atoms with Crippen molar-refractivity contribution >= 4 is 11.8 Å². The molecule has 16 heavy (non-hydrogen) atoms. The molecule has 0 saturated heterocycles. The van der Waals surface area contributed by atoms with Gasteiger partial charge in [-0.1, -0.05) is 0 Å². The molecule has 1 aliphatic rings. The first-order chi connectivity index (χ1) is 7.69. The van der Waals surface area contributed by atoms with Crippen LogP contribution in [-0.4, -0.2) is 28.8 Å². The summed E-state index contributed by atoms with van der Waals surface area (Å²) in [7, 11) is 0. The van der Waals surface area contributed by atoms with Crippen molar-refractivity contribution < 1.29 is 14.3 Å². The van der Waals surface area contributed by atoms with Gasteiger partial charge in [0.1, 0.15) is 5.82 Å². The van der Waals surface area contributed by atoms with Gasteiger partial charge in [-0.25, -0.2) is 9.78 Å². The second-order valence-corrected chi connectivity index (χ2v) is 4.07. The van der Waals surface area contributed by atoms with Crippen molar-refractivity contribution in [2.75, 3.05) is 12.0 Å². The zero-order valence-electron chi connectivity index (χ0n) is 8.69. The number of rotatable bonds is 4. The largest absolute Gasteiger partial charge is 0.478 e. The first-order valence-electron chi connectivity index (χ1n) is 5.21. The van der Waals surface area contributed by atoms with E-state index in [0.29, 0.717) is 5.82 Å². The monoisotopic (exact) mass is 224 g/mol. The topological polar surface area (TPSA) is 62.2 Å². The van der Waals surface area contributed by atoms with Crippen LogP contribution in [0.5, 0.6) is 0 Å². The van der Waals surface area contributed by atoms with Crippen molar-refractivity contribution in [3.05, 3.63) is 23.9 Å². The summed E-state index contributed by atoms with van der Waals surface area (Å²) in [5.41, 5.74) is 0.167. The summed E-state index contributed by atoms with van der Waals surface area (Å²) in [6, 6.07) is 3.40. The summed E-state index contributed by atoms with van der Waals surface area (Å²) in [6.07, 6.45) is 2.95. The molecule has 0 aliphatic heterocycles. The van der Waals surface area contributed by atoms with E-state index < -0.39 is 5.97 Å². The molecule has 0 bridgehead atoms. The molecule has 0 unspecified atom stereocenters. The van der Waals surface area contributed by atoms with E-state index in [2.05, 4.69) is 10.3 Å². The van der Waals surface area contributed by atoms with Crippen molar-refractivity contribution in [1.82, 2.24) is 4.98 Å². The number of aromatic carboxylic acids is 1. The second kappa shape index (κ2) is 4.47. The summed E-state index contributed by atoms with van der Waals surface area (Å²) >= 11 is 0. The van der Waals surface area contributed by atoms with Crippen LogP contribution < -0.4 is 5.32 Å². The van der Waals surface area contributed by atoms with Crippen molar-refractivity contribution in [3.8, 4) is 0 Å². The van der Waals surface area contributed by atoms with Gasteiger partial charge in [-0.2, -0.15) is 0 Å². The Kier molecular flexibility index (Phi) is 3.03. The van der Waals surface area contributed by atoms with Crippen molar-refractivity contribution in [1.29, 1.82) is 0 Å². The summed E-state index contributed by atoms with van der Waals surface area (Å²) in [6.45, 7) is -0.260. The van der Waals surface area contributed by atoms with Gasteiger partial charge < -0.3 is 10.4 Å². The van der Waals surface area contributed by atoms with Gasteiger partial charge in [-0.3, -0.25) is 4.39 Å². The van der Waals surface area contributed by atoms with E-state index in [1.807, 2.05) is 0 Å². The van der Waals surface area contributed by atoms with Crippen LogP contribution in [0.15, 0.2) is 18.3 Å². The zero-order chi connectivity index (χ0) is 11.5. The molecule has 0 atom stereocenters. The summed E-state index contributed by atoms with van der Waals surface area (Å²) < 4.78 is 12.2. The third-order valence-corrected chi connectivity index (χ3v) is 2.82. The van der Waals surface area contributed by atoms with Crippen molar-refractivity contribution in [2.45, 2.75) is 18.9 Å². The third kappa shape index (κ3) is 2.29. The van der Waals surface area contributed by atoms with E-state index in [9.17, 15) is 9.18 Å². The number of aromatic nitrogens is 1. The molecule has 0 amide bonds. The molecule has 2 N–H and O–H groups in total. The number of carboxylic acids is 1. The van der Waals surface area contributed by atoms with E-state index in [1.54, 1.807) is 6.07 Å². The number of halogens is 1. The fourth-order valence-electron chi connectivity index (χ4n) is 1.79. The highest BCUT2D eigenvalue weighted by atomic mass is 19.1. The quantitative estimate of drug-likeness (QED) is 0.820. The standard InChI is InChI=1S/C11H13FN2O2/c12-5-7-3-9(4-7)14-10-2-1-8(6-13-10)11(15)16/h1-2,6-7,9H,3-5H2,(H,13,14)(H,15,16). The number of carbonyl (C=O) groups is 1. The highest BCUT2D eigenvalue weighted by Crippen LogP contribution is 2.29. The number of hydrogen-bond acceptors (Lipinski definition) is 3. The van der Waals surface area contributed by atoms with Gasteiger partial charge in [0.2, 0.25) is 0 Å². The molecule has 1 fully saturated rings. The molecule has 1 saturated carbocycles. The van der Waals surface area contributed by atoms with Crippen LogP contribution in [0.2, 0.25) is 0 Å². The predicted octanol–water partition coefficient (Wildman–Crippen LogP) is 1.94. The minimum absolute atomic E-state index is 0.167. The minimum atomic E-state index is -0.986. The molecule has 0 spiro atoms. The molecule has 0 radical (unpaired) electrons. The molecule has 1 heterocycles. The molecule has 2 rings (SSSR count). The van der Waals surface area contributed by atoms with E-state index in [-0.39, 0.29) is 24.2 Å². The van der Waals surface area contributed by atoms with Crippen LogP contribution in [0.25, 0.3) is 0 Å². The highest BCUT2D eigenvalue weighted by molar-refractivity contribution is 5.87. The number of pyridine rings is 1. The first-order valence-corrected chi connectivity index (χ1v) is 5.21. The number of nitrogens with one attached hydrogen (secondary N) is 1. The maximum absolute atomic E-state index is 12.2. The van der Waals surface area contributed by atoms with Gasteiger partial charge >= 0.3 is 5.97 Å². The van der Waals surface area contributed by atoms with E-state index in [4.69, 9.17) is 5.11 Å². The van der Waals surface area contributed by atoms with E-state index in [1.165, 1.54) is 12.3 Å². The first kappa shape index (κ1) is 10.9. The lowest BCUT2D eigenvalue weighted by atomic mass is 9.81. The molecule has 0 aromatic carbocycles. The predicted molar refractivity (Wildman–Crippen MR) is 57.3 cm³/mol. The normalized spacial score (nSPS) is 23.6. The Morgan fingerprint density at radius 1 is 1.56 bits per heavy atom. The third-order valence-electron chi connectivity index (χ3n) is 2.82. The van der Waals surface area contributed by atoms with Crippen LogP contribution in [0.4, 0.5) is 10.2 Å². The van der Waals surface area contributed by atoms with Crippen LogP contribution >= 0.6 is 0 Å². The van der Waals surface area contributed by atoms with E-state index >= 15 is 0 Å². The number of hydrogen-bond donors (Lipinski definition) is 2. The molecular weight excluding hydrogens is 211 g/mol. The fraction of sp³-hybridized carbons (Fsp3) is 0.455. The van der Waals surface area contributed by atoms with Gasteiger partial charge in [-0.15, -0.1) is 0 Å². The Hall–Kier alpha value is -1.65. The average molecular weight is 224 g/mol. The van der Waals surface area contributed by atoms with Gasteiger partial charge in [-0.05, 0) is 30.9 Å². The van der Waals surface area contributed by atoms with Crippen molar-refractivity contribution in [2.24, 2.45) is 5.92 Å². The van der Waals surface area contributed by atoms with Crippen LogP contribution in [0, 0.1) is 5.92 Å². The molecular formula is C11H13FN2O2. The Labute approximate surface area is 92.5 Å². The highest BCUT2D eigenvalue weighted by Gasteiger charge is 2.28. The summed E-state index contributed by atoms with van der Waals surface area (Å²) in [5.74, 6) is -0.164. The molecule has 1 aromatic rings. The molecule has 5 heteroatoms. The number of carboxylic acid groups (broad SMARTS) is 1. The van der Waals surface area contributed by atoms with Crippen molar-refractivity contribution in [3.63, 3.8) is 0 Å². The summed E-state index contributed by atoms with van der Waals surface area (Å²) in [4.78, 5) is 14.6. The fourth-order valence-corrected chi connectivity index (χ4v) is 1.79. The Balaban J connectivity index is 1.89. The Bertz CT molecular complexity index is 374. The van der Waals surface area contributed by atoms with Crippen LogP contribution in [0.3, 0.4) is 0 Å². The van der Waals surface area contributed by atoms with Crippen LogP contribution in [0.1, 0.15) is 23.2 Å². The SMILES string of the molecule is O=C(O)c1ccc(NC2CC(CF)C2)nc1. The van der Waals surface area contributed by atoms with Crippen LogP contribution in [-0.2, 0) is 0 Å². The molecule has 86 valence electrons. The maximum atomic E-state index is 12.2. The molecule has 1 aromatic heterocycles. The Morgan fingerprint density at radius 2 is 2.31 bits per heavy atom. The maximum Gasteiger partial charge on any atom is 0.337 e. The molecule has 4 nitrogen and oxygen atoms in total. The Morgan fingerprint density at radius 3 is 2.81 bits per heavy atom. The zero-order valence-corrected chi connectivity index (χ0v) is 8.69. The average Bonchev–Trinajstić information content (AvgIpc) is 2.23. The second-order valence-electron chi connectivity index (χ2n) is 4.07. The number of nitrogens with zero attached hydrogens (tertiary/aromatic N) is 1. The van der Waals surface area contributed by atoms with E-state index in [0.717, 1.165) is 12.8 Å². The minimum Gasteiger partial charge on any atom is -0.478 e. The van der Waals surface area contributed by atoms with Gasteiger partial charge in [0.25, 0.3) is 0 Å². The van der Waals surface area contributed by atoms with Gasteiger partial charge in [0.15, 0.2) is 0 Å². The van der Waals surface area contributed by atoms with Gasteiger partial charge in [0, 0.05) is 12.2 Å². The smallest absolute Gasteiger partial charge is 0.337 e. The lowest BCUT2D eigenvalue weighted by Crippen LogP contribution is -2.36. The number of anilines is 1. The summed E-state index contributed by atoms with van der Waals surface area (Å²) in [5, 5.41) is 11.8. The van der Waals surface area contributed by atoms with Gasteiger partial charge in [0.05, 0.1) is 12.2 Å². The number of alkyl halides is 1. The lowest BCUT2D eigenvalue weighted by Gasteiger charge is -2.34.